The molecule has 2 heterocycles. The number of hydrogen-bond donors (Lipinski definition) is 2. The molecule has 4 heteroatoms. The van der Waals surface area contributed by atoms with Gasteiger partial charge in [-0.2, -0.15) is 0 Å². The van der Waals surface area contributed by atoms with Gasteiger partial charge in [0.05, 0.1) is 5.56 Å². The quantitative estimate of drug-likeness (QED) is 0.648. The largest absolute Gasteiger partial charge is 0.384 e. The van der Waals surface area contributed by atoms with E-state index in [1.165, 1.54) is 12.8 Å². The molecule has 19 heavy (non-hydrogen) atoms. The number of pyridine rings is 1. The number of rotatable bonds is 3. The third kappa shape index (κ3) is 2.88. The average molecular weight is 260 g/mol. The van der Waals surface area contributed by atoms with Crippen LogP contribution in [0.4, 0.5) is 5.82 Å². The number of piperidine rings is 1. The van der Waals surface area contributed by atoms with Gasteiger partial charge in [-0.15, -0.1) is 0 Å². The standard InChI is InChI=1S/C15H24N4/c1-10(2)12-5-8-19(9-6-12)15-13(14(16)17)11(3)4-7-18-15/h4,7,10,12H,5-6,8-9H2,1-3H3,(H3,16,17). The Bertz CT molecular complexity index is 459. The number of anilines is 1. The van der Waals surface area contributed by atoms with E-state index in [-0.39, 0.29) is 5.84 Å². The Morgan fingerprint density at radius 3 is 2.58 bits per heavy atom. The molecule has 1 aliphatic rings. The highest BCUT2D eigenvalue weighted by atomic mass is 15.2. The Balaban J connectivity index is 2.20. The fourth-order valence-electron chi connectivity index (χ4n) is 2.89. The van der Waals surface area contributed by atoms with Crippen molar-refractivity contribution in [2.45, 2.75) is 33.6 Å². The predicted octanol–water partition coefficient (Wildman–Crippen LogP) is 2.55. The lowest BCUT2D eigenvalue weighted by molar-refractivity contribution is 0.310. The molecule has 1 aliphatic heterocycles. The van der Waals surface area contributed by atoms with Gasteiger partial charge < -0.3 is 10.6 Å². The van der Waals surface area contributed by atoms with Crippen LogP contribution in [0.2, 0.25) is 0 Å². The minimum absolute atomic E-state index is 0.117. The normalized spacial score (nSPS) is 16.9. The first kappa shape index (κ1) is 13.8. The van der Waals surface area contributed by atoms with E-state index in [1.807, 2.05) is 19.2 Å². The molecule has 0 aromatic carbocycles. The Hall–Kier alpha value is -1.58. The summed E-state index contributed by atoms with van der Waals surface area (Å²) in [5.41, 5.74) is 7.54. The van der Waals surface area contributed by atoms with Crippen molar-refractivity contribution < 1.29 is 0 Å². The third-order valence-corrected chi connectivity index (χ3v) is 4.19. The molecule has 4 nitrogen and oxygen atoms in total. The maximum Gasteiger partial charge on any atom is 0.139 e. The first-order chi connectivity index (χ1) is 9.00. The van der Waals surface area contributed by atoms with Crippen LogP contribution in [-0.2, 0) is 0 Å². The highest BCUT2D eigenvalue weighted by Gasteiger charge is 2.24. The van der Waals surface area contributed by atoms with Crippen molar-refractivity contribution in [2.24, 2.45) is 17.6 Å². The molecule has 0 amide bonds. The summed E-state index contributed by atoms with van der Waals surface area (Å²) in [7, 11) is 0. The molecule has 0 atom stereocenters. The number of hydrogen-bond acceptors (Lipinski definition) is 3. The SMILES string of the molecule is Cc1ccnc(N2CCC(C(C)C)CC2)c1C(=N)N. The monoisotopic (exact) mass is 260 g/mol. The Kier molecular flexibility index (Phi) is 4.08. The molecular weight excluding hydrogens is 236 g/mol. The van der Waals surface area contributed by atoms with Crippen LogP contribution in [0.25, 0.3) is 0 Å². The zero-order valence-corrected chi connectivity index (χ0v) is 12.1. The van der Waals surface area contributed by atoms with E-state index in [0.717, 1.165) is 41.9 Å². The number of nitrogens with zero attached hydrogens (tertiary/aromatic N) is 2. The molecular formula is C15H24N4. The van der Waals surface area contributed by atoms with Gasteiger partial charge in [-0.25, -0.2) is 4.98 Å². The molecule has 1 fully saturated rings. The van der Waals surface area contributed by atoms with Crippen LogP contribution in [0.3, 0.4) is 0 Å². The highest BCUT2D eigenvalue weighted by Crippen LogP contribution is 2.29. The highest BCUT2D eigenvalue weighted by molar-refractivity contribution is 6.01. The molecule has 0 unspecified atom stereocenters. The fourth-order valence-corrected chi connectivity index (χ4v) is 2.89. The topological polar surface area (TPSA) is 66.0 Å². The summed E-state index contributed by atoms with van der Waals surface area (Å²) in [5, 5.41) is 7.75. The number of nitrogen functional groups attached to an aromatic ring is 1. The van der Waals surface area contributed by atoms with Crippen LogP contribution in [0.1, 0.15) is 37.8 Å². The average Bonchev–Trinajstić information content (AvgIpc) is 2.38. The molecule has 0 spiro atoms. The molecule has 1 aromatic rings. The van der Waals surface area contributed by atoms with Gasteiger partial charge in [-0.05, 0) is 43.2 Å². The van der Waals surface area contributed by atoms with Gasteiger partial charge in [0.2, 0.25) is 0 Å². The van der Waals surface area contributed by atoms with Crippen LogP contribution in [-0.4, -0.2) is 23.9 Å². The molecule has 2 rings (SSSR count). The number of nitrogens with two attached hydrogens (primary N) is 1. The van der Waals surface area contributed by atoms with Crippen LogP contribution < -0.4 is 10.6 Å². The molecule has 3 N–H and O–H groups in total. The van der Waals surface area contributed by atoms with Gasteiger partial charge in [0.25, 0.3) is 0 Å². The van der Waals surface area contributed by atoms with E-state index in [0.29, 0.717) is 0 Å². The molecule has 0 radical (unpaired) electrons. The summed E-state index contributed by atoms with van der Waals surface area (Å²) < 4.78 is 0. The summed E-state index contributed by atoms with van der Waals surface area (Å²) in [6.07, 6.45) is 4.21. The number of nitrogens with one attached hydrogen (secondary N) is 1. The lowest BCUT2D eigenvalue weighted by Crippen LogP contribution is -2.37. The Morgan fingerprint density at radius 1 is 1.42 bits per heavy atom. The van der Waals surface area contributed by atoms with E-state index in [2.05, 4.69) is 23.7 Å². The second kappa shape index (κ2) is 5.59. The predicted molar refractivity (Wildman–Crippen MR) is 79.8 cm³/mol. The van der Waals surface area contributed by atoms with Crippen LogP contribution in [0, 0.1) is 24.2 Å². The third-order valence-electron chi connectivity index (χ3n) is 4.19. The van der Waals surface area contributed by atoms with Crippen molar-refractivity contribution in [3.63, 3.8) is 0 Å². The Labute approximate surface area is 115 Å². The molecule has 104 valence electrons. The lowest BCUT2D eigenvalue weighted by Gasteiger charge is -2.35. The summed E-state index contributed by atoms with van der Waals surface area (Å²) in [6.45, 7) is 8.61. The van der Waals surface area contributed by atoms with Gasteiger partial charge >= 0.3 is 0 Å². The fraction of sp³-hybridized carbons (Fsp3) is 0.600. The van der Waals surface area contributed by atoms with Gasteiger partial charge in [0, 0.05) is 19.3 Å². The van der Waals surface area contributed by atoms with Crippen molar-refractivity contribution in [2.75, 3.05) is 18.0 Å². The van der Waals surface area contributed by atoms with Crippen molar-refractivity contribution in [1.82, 2.24) is 4.98 Å². The lowest BCUT2D eigenvalue weighted by atomic mass is 9.86. The van der Waals surface area contributed by atoms with Gasteiger partial charge in [0.15, 0.2) is 0 Å². The molecule has 0 bridgehead atoms. The zero-order chi connectivity index (χ0) is 14.0. The number of aromatic nitrogens is 1. The van der Waals surface area contributed by atoms with Crippen molar-refractivity contribution in [3.05, 3.63) is 23.4 Å². The van der Waals surface area contributed by atoms with E-state index in [9.17, 15) is 0 Å². The van der Waals surface area contributed by atoms with Gasteiger partial charge in [-0.3, -0.25) is 5.41 Å². The number of amidine groups is 1. The maximum absolute atomic E-state index is 7.75. The number of aryl methyl sites for hydroxylation is 1. The molecule has 1 saturated heterocycles. The minimum Gasteiger partial charge on any atom is -0.384 e. The Morgan fingerprint density at radius 2 is 2.05 bits per heavy atom. The summed E-state index contributed by atoms with van der Waals surface area (Å²) in [4.78, 5) is 6.74. The van der Waals surface area contributed by atoms with E-state index < -0.39 is 0 Å². The molecule has 1 aromatic heterocycles. The summed E-state index contributed by atoms with van der Waals surface area (Å²) >= 11 is 0. The van der Waals surface area contributed by atoms with E-state index in [4.69, 9.17) is 11.1 Å². The second-order valence-corrected chi connectivity index (χ2v) is 5.81. The van der Waals surface area contributed by atoms with Crippen LogP contribution in [0.15, 0.2) is 12.3 Å². The van der Waals surface area contributed by atoms with Crippen LogP contribution in [0.5, 0.6) is 0 Å². The van der Waals surface area contributed by atoms with Gasteiger partial charge in [-0.1, -0.05) is 13.8 Å². The van der Waals surface area contributed by atoms with E-state index in [1.54, 1.807) is 0 Å². The summed E-state index contributed by atoms with van der Waals surface area (Å²) in [5.74, 6) is 2.56. The first-order valence-corrected chi connectivity index (χ1v) is 7.05. The molecule has 0 aliphatic carbocycles. The second-order valence-electron chi connectivity index (χ2n) is 5.81. The first-order valence-electron chi connectivity index (χ1n) is 7.05. The van der Waals surface area contributed by atoms with E-state index >= 15 is 0 Å². The smallest absolute Gasteiger partial charge is 0.139 e. The van der Waals surface area contributed by atoms with Crippen molar-refractivity contribution in [3.8, 4) is 0 Å². The van der Waals surface area contributed by atoms with Gasteiger partial charge in [0.1, 0.15) is 11.7 Å². The van der Waals surface area contributed by atoms with Crippen LogP contribution >= 0.6 is 0 Å². The summed E-state index contributed by atoms with van der Waals surface area (Å²) in [6, 6.07) is 1.92. The molecule has 0 saturated carbocycles. The zero-order valence-electron chi connectivity index (χ0n) is 12.1. The van der Waals surface area contributed by atoms with Crippen molar-refractivity contribution >= 4 is 11.7 Å². The maximum atomic E-state index is 7.75. The van der Waals surface area contributed by atoms with Crippen molar-refractivity contribution in [1.29, 1.82) is 5.41 Å². The minimum atomic E-state index is 0.117.